The SMILES string of the molecule is NC1(C(=O)Nc2ccsc2)CCCC1. The first kappa shape index (κ1) is 9.68. The number of hydrogen-bond donors (Lipinski definition) is 2. The number of thiophene rings is 1. The van der Waals surface area contributed by atoms with Crippen molar-refractivity contribution in [1.29, 1.82) is 0 Å². The van der Waals surface area contributed by atoms with Gasteiger partial charge in [-0.05, 0) is 24.3 Å². The largest absolute Gasteiger partial charge is 0.324 e. The second-order valence-corrected chi connectivity index (χ2v) is 4.61. The summed E-state index contributed by atoms with van der Waals surface area (Å²) in [5.41, 5.74) is 6.25. The highest BCUT2D eigenvalue weighted by Crippen LogP contribution is 2.28. The van der Waals surface area contributed by atoms with Crippen LogP contribution < -0.4 is 11.1 Å². The van der Waals surface area contributed by atoms with E-state index in [9.17, 15) is 4.79 Å². The van der Waals surface area contributed by atoms with Crippen LogP contribution in [0.3, 0.4) is 0 Å². The zero-order valence-electron chi connectivity index (χ0n) is 7.95. The molecule has 1 fully saturated rings. The van der Waals surface area contributed by atoms with E-state index in [0.29, 0.717) is 0 Å². The van der Waals surface area contributed by atoms with E-state index in [1.807, 2.05) is 16.8 Å². The zero-order valence-corrected chi connectivity index (χ0v) is 8.77. The average molecular weight is 210 g/mol. The lowest BCUT2D eigenvalue weighted by atomic mass is 9.98. The third kappa shape index (κ3) is 1.81. The molecular formula is C10H14N2OS. The zero-order chi connectivity index (χ0) is 10.0. The summed E-state index contributed by atoms with van der Waals surface area (Å²) in [6, 6.07) is 1.89. The lowest BCUT2D eigenvalue weighted by Crippen LogP contribution is -2.48. The summed E-state index contributed by atoms with van der Waals surface area (Å²) in [6.45, 7) is 0. The Morgan fingerprint density at radius 3 is 2.79 bits per heavy atom. The molecule has 14 heavy (non-hydrogen) atoms. The molecule has 0 atom stereocenters. The third-order valence-electron chi connectivity index (χ3n) is 2.73. The van der Waals surface area contributed by atoms with Gasteiger partial charge in [-0.2, -0.15) is 11.3 Å². The molecule has 1 aromatic rings. The molecule has 1 aliphatic rings. The van der Waals surface area contributed by atoms with Crippen LogP contribution in [0.15, 0.2) is 16.8 Å². The Morgan fingerprint density at radius 1 is 1.50 bits per heavy atom. The van der Waals surface area contributed by atoms with Crippen LogP contribution in [-0.4, -0.2) is 11.4 Å². The second kappa shape index (κ2) is 3.71. The van der Waals surface area contributed by atoms with E-state index >= 15 is 0 Å². The summed E-state index contributed by atoms with van der Waals surface area (Å²) in [5.74, 6) is -0.0339. The highest BCUT2D eigenvalue weighted by molar-refractivity contribution is 7.08. The van der Waals surface area contributed by atoms with Crippen LogP contribution in [0, 0.1) is 0 Å². The maximum atomic E-state index is 11.8. The molecule has 0 saturated heterocycles. The van der Waals surface area contributed by atoms with Crippen molar-refractivity contribution in [3.8, 4) is 0 Å². The second-order valence-electron chi connectivity index (χ2n) is 3.83. The maximum absolute atomic E-state index is 11.8. The number of nitrogens with one attached hydrogen (secondary N) is 1. The number of rotatable bonds is 2. The molecule has 0 bridgehead atoms. The summed E-state index contributed by atoms with van der Waals surface area (Å²) in [5, 5.41) is 6.70. The van der Waals surface area contributed by atoms with Crippen LogP contribution in [-0.2, 0) is 4.79 Å². The molecule has 3 nitrogen and oxygen atoms in total. The van der Waals surface area contributed by atoms with E-state index in [1.165, 1.54) is 0 Å². The fourth-order valence-corrected chi connectivity index (χ4v) is 2.41. The Hall–Kier alpha value is -0.870. The van der Waals surface area contributed by atoms with E-state index < -0.39 is 5.54 Å². The molecule has 1 amide bonds. The van der Waals surface area contributed by atoms with E-state index in [4.69, 9.17) is 5.73 Å². The van der Waals surface area contributed by atoms with E-state index in [-0.39, 0.29) is 5.91 Å². The summed E-state index contributed by atoms with van der Waals surface area (Å²) in [7, 11) is 0. The first-order valence-corrected chi connectivity index (χ1v) is 5.77. The van der Waals surface area contributed by atoms with Crippen LogP contribution in [0.5, 0.6) is 0 Å². The van der Waals surface area contributed by atoms with Crippen molar-refractivity contribution in [3.63, 3.8) is 0 Å². The van der Waals surface area contributed by atoms with E-state index in [0.717, 1.165) is 31.4 Å². The van der Waals surface area contributed by atoms with Crippen molar-refractivity contribution in [1.82, 2.24) is 0 Å². The number of hydrogen-bond acceptors (Lipinski definition) is 3. The lowest BCUT2D eigenvalue weighted by Gasteiger charge is -2.21. The van der Waals surface area contributed by atoms with Crippen molar-refractivity contribution < 1.29 is 4.79 Å². The Labute approximate surface area is 87.3 Å². The van der Waals surface area contributed by atoms with Crippen molar-refractivity contribution in [2.75, 3.05) is 5.32 Å². The first-order chi connectivity index (χ1) is 6.71. The summed E-state index contributed by atoms with van der Waals surface area (Å²) in [4.78, 5) is 11.8. The fraction of sp³-hybridized carbons (Fsp3) is 0.500. The van der Waals surface area contributed by atoms with Crippen LogP contribution in [0.2, 0.25) is 0 Å². The minimum Gasteiger partial charge on any atom is -0.324 e. The van der Waals surface area contributed by atoms with Crippen LogP contribution in [0.4, 0.5) is 5.69 Å². The summed E-state index contributed by atoms with van der Waals surface area (Å²) in [6.07, 6.45) is 3.74. The van der Waals surface area contributed by atoms with Gasteiger partial charge in [0.15, 0.2) is 0 Å². The normalized spacial score (nSPS) is 19.5. The topological polar surface area (TPSA) is 55.1 Å². The van der Waals surface area contributed by atoms with Crippen LogP contribution in [0.1, 0.15) is 25.7 Å². The molecule has 0 aliphatic heterocycles. The molecule has 0 unspecified atom stereocenters. The first-order valence-electron chi connectivity index (χ1n) is 4.83. The fourth-order valence-electron chi connectivity index (χ4n) is 1.82. The van der Waals surface area contributed by atoms with Crippen molar-refractivity contribution in [2.45, 2.75) is 31.2 Å². The predicted molar refractivity (Wildman–Crippen MR) is 58.3 cm³/mol. The molecular weight excluding hydrogens is 196 g/mol. The van der Waals surface area contributed by atoms with Gasteiger partial charge >= 0.3 is 0 Å². The highest BCUT2D eigenvalue weighted by atomic mass is 32.1. The Bertz CT molecular complexity index is 315. The van der Waals surface area contributed by atoms with Gasteiger partial charge in [0.05, 0.1) is 11.2 Å². The summed E-state index contributed by atoms with van der Waals surface area (Å²) >= 11 is 1.57. The van der Waals surface area contributed by atoms with Gasteiger partial charge in [-0.3, -0.25) is 4.79 Å². The molecule has 1 aromatic heterocycles. The quantitative estimate of drug-likeness (QED) is 0.784. The molecule has 1 saturated carbocycles. The molecule has 1 aliphatic carbocycles. The van der Waals surface area contributed by atoms with E-state index in [1.54, 1.807) is 11.3 Å². The standard InChI is InChI=1S/C10H14N2OS/c11-10(4-1-2-5-10)9(13)12-8-3-6-14-7-8/h3,6-7H,1-2,4-5,11H2,(H,12,13). The molecule has 0 spiro atoms. The number of amides is 1. The van der Waals surface area contributed by atoms with Crippen LogP contribution in [0.25, 0.3) is 0 Å². The van der Waals surface area contributed by atoms with Gasteiger partial charge in [-0.25, -0.2) is 0 Å². The molecule has 4 heteroatoms. The molecule has 3 N–H and O–H groups in total. The van der Waals surface area contributed by atoms with Gasteiger partial charge in [-0.1, -0.05) is 12.8 Å². The Morgan fingerprint density at radius 2 is 2.21 bits per heavy atom. The maximum Gasteiger partial charge on any atom is 0.244 e. The summed E-state index contributed by atoms with van der Waals surface area (Å²) < 4.78 is 0. The molecule has 0 aromatic carbocycles. The highest BCUT2D eigenvalue weighted by Gasteiger charge is 2.36. The minimum atomic E-state index is -0.623. The monoisotopic (exact) mass is 210 g/mol. The predicted octanol–water partition coefficient (Wildman–Crippen LogP) is 1.96. The van der Waals surface area contributed by atoms with Crippen molar-refractivity contribution >= 4 is 22.9 Å². The number of nitrogens with two attached hydrogens (primary N) is 1. The average Bonchev–Trinajstić information content (AvgIpc) is 2.76. The minimum absolute atomic E-state index is 0.0339. The molecule has 2 rings (SSSR count). The van der Waals surface area contributed by atoms with Gasteiger partial charge in [0.2, 0.25) is 5.91 Å². The van der Waals surface area contributed by atoms with Crippen molar-refractivity contribution in [2.24, 2.45) is 5.73 Å². The Balaban J connectivity index is 2.02. The third-order valence-corrected chi connectivity index (χ3v) is 3.41. The van der Waals surface area contributed by atoms with Gasteiger partial charge in [0.25, 0.3) is 0 Å². The number of carbonyl (C=O) groups excluding carboxylic acids is 1. The number of carbonyl (C=O) groups is 1. The van der Waals surface area contributed by atoms with Gasteiger partial charge in [0, 0.05) is 5.38 Å². The number of anilines is 1. The van der Waals surface area contributed by atoms with Crippen LogP contribution >= 0.6 is 11.3 Å². The smallest absolute Gasteiger partial charge is 0.244 e. The molecule has 0 radical (unpaired) electrons. The molecule has 76 valence electrons. The van der Waals surface area contributed by atoms with Gasteiger partial charge < -0.3 is 11.1 Å². The van der Waals surface area contributed by atoms with Gasteiger partial charge in [-0.15, -0.1) is 0 Å². The molecule has 1 heterocycles. The Kier molecular flexibility index (Phi) is 2.56. The lowest BCUT2D eigenvalue weighted by molar-refractivity contribution is -0.120. The van der Waals surface area contributed by atoms with E-state index in [2.05, 4.69) is 5.32 Å². The van der Waals surface area contributed by atoms with Gasteiger partial charge in [0.1, 0.15) is 0 Å². The van der Waals surface area contributed by atoms with Crippen molar-refractivity contribution in [3.05, 3.63) is 16.8 Å².